The van der Waals surface area contributed by atoms with Gasteiger partial charge in [0, 0.05) is 17.1 Å². The predicted octanol–water partition coefficient (Wildman–Crippen LogP) is 1.86. The fourth-order valence-corrected chi connectivity index (χ4v) is 2.01. The zero-order valence-corrected chi connectivity index (χ0v) is 10.9. The van der Waals surface area contributed by atoms with E-state index in [-0.39, 0.29) is 5.95 Å². The van der Waals surface area contributed by atoms with E-state index in [2.05, 4.69) is 15.0 Å². The lowest BCUT2D eigenvalue weighted by molar-refractivity contribution is 0.415. The van der Waals surface area contributed by atoms with Crippen LogP contribution in [0.4, 0.5) is 11.8 Å². The van der Waals surface area contributed by atoms with E-state index in [9.17, 15) is 0 Å². The highest BCUT2D eigenvalue weighted by molar-refractivity contribution is 5.86. The van der Waals surface area contributed by atoms with Crippen LogP contribution in [-0.2, 0) is 0 Å². The van der Waals surface area contributed by atoms with Gasteiger partial charge in [-0.3, -0.25) is 0 Å². The third-order valence-corrected chi connectivity index (χ3v) is 3.00. The van der Waals surface area contributed by atoms with E-state index in [0.29, 0.717) is 11.5 Å². The molecule has 6 heteroatoms. The molecule has 0 saturated carbocycles. The minimum Gasteiger partial charge on any atom is -0.497 e. The van der Waals surface area contributed by atoms with E-state index >= 15 is 0 Å². The summed E-state index contributed by atoms with van der Waals surface area (Å²) in [5.41, 5.74) is 13.8. The molecule has 0 atom stereocenters. The molecule has 20 heavy (non-hydrogen) atoms. The number of fused-ring (bicyclic) bond motifs is 1. The Morgan fingerprint density at radius 3 is 2.75 bits per heavy atom. The molecule has 0 spiro atoms. The zero-order chi connectivity index (χ0) is 14.1. The molecule has 100 valence electrons. The number of aromatic nitrogens is 3. The second kappa shape index (κ2) is 4.65. The van der Waals surface area contributed by atoms with Gasteiger partial charge in [-0.25, -0.2) is 9.97 Å². The van der Waals surface area contributed by atoms with Gasteiger partial charge >= 0.3 is 0 Å². The second-order valence-corrected chi connectivity index (χ2v) is 4.29. The normalized spacial score (nSPS) is 10.7. The molecule has 0 radical (unpaired) electrons. The molecule has 3 aromatic rings. The van der Waals surface area contributed by atoms with Gasteiger partial charge in [-0.15, -0.1) is 0 Å². The van der Waals surface area contributed by atoms with Crippen molar-refractivity contribution < 1.29 is 4.74 Å². The van der Waals surface area contributed by atoms with E-state index < -0.39 is 0 Å². The molecule has 3 rings (SSSR count). The zero-order valence-electron chi connectivity index (χ0n) is 10.9. The van der Waals surface area contributed by atoms with Crippen LogP contribution in [-0.4, -0.2) is 22.1 Å². The molecule has 0 aliphatic carbocycles. The Kier molecular flexibility index (Phi) is 2.83. The van der Waals surface area contributed by atoms with Crippen LogP contribution in [0.3, 0.4) is 0 Å². The topological polar surface area (TPSA) is 99.9 Å². The van der Waals surface area contributed by atoms with Gasteiger partial charge in [-0.05, 0) is 23.8 Å². The smallest absolute Gasteiger partial charge is 0.222 e. The Morgan fingerprint density at radius 1 is 1.10 bits per heavy atom. The predicted molar refractivity (Wildman–Crippen MR) is 78.1 cm³/mol. The van der Waals surface area contributed by atoms with Crippen LogP contribution in [0.1, 0.15) is 0 Å². The Bertz CT molecular complexity index is 788. The van der Waals surface area contributed by atoms with Crippen molar-refractivity contribution in [3.05, 3.63) is 36.5 Å². The summed E-state index contributed by atoms with van der Waals surface area (Å²) in [4.78, 5) is 12.3. The van der Waals surface area contributed by atoms with Crippen molar-refractivity contribution >= 4 is 22.8 Å². The average molecular weight is 267 g/mol. The molecule has 1 aromatic carbocycles. The van der Waals surface area contributed by atoms with Crippen LogP contribution in [0.25, 0.3) is 22.2 Å². The summed E-state index contributed by atoms with van der Waals surface area (Å²) in [6, 6.07) is 9.51. The highest BCUT2D eigenvalue weighted by atomic mass is 16.5. The van der Waals surface area contributed by atoms with Gasteiger partial charge < -0.3 is 16.2 Å². The number of pyridine rings is 1. The number of nitrogens with zero attached hydrogens (tertiary/aromatic N) is 3. The van der Waals surface area contributed by atoms with Crippen LogP contribution in [0.15, 0.2) is 36.5 Å². The minimum atomic E-state index is 0.179. The van der Waals surface area contributed by atoms with Gasteiger partial charge in [-0.1, -0.05) is 12.1 Å². The number of hydrogen-bond donors (Lipinski definition) is 2. The Labute approximate surface area is 115 Å². The van der Waals surface area contributed by atoms with Crippen molar-refractivity contribution in [2.24, 2.45) is 0 Å². The molecule has 6 nitrogen and oxygen atoms in total. The van der Waals surface area contributed by atoms with Crippen molar-refractivity contribution in [1.29, 1.82) is 0 Å². The SMILES string of the molecule is COc1cccc(-c2cc3cnc(N)nc3nc2N)c1. The van der Waals surface area contributed by atoms with Gasteiger partial charge in [-0.2, -0.15) is 4.98 Å². The first-order valence-electron chi connectivity index (χ1n) is 6.00. The minimum absolute atomic E-state index is 0.179. The summed E-state index contributed by atoms with van der Waals surface area (Å²) in [5.74, 6) is 1.33. The summed E-state index contributed by atoms with van der Waals surface area (Å²) in [5, 5.41) is 0.784. The van der Waals surface area contributed by atoms with E-state index in [1.165, 1.54) is 0 Å². The van der Waals surface area contributed by atoms with Gasteiger partial charge in [0.1, 0.15) is 11.6 Å². The fourth-order valence-electron chi connectivity index (χ4n) is 2.01. The molecule has 0 bridgehead atoms. The quantitative estimate of drug-likeness (QED) is 0.735. The first kappa shape index (κ1) is 12.2. The Morgan fingerprint density at radius 2 is 1.95 bits per heavy atom. The van der Waals surface area contributed by atoms with Gasteiger partial charge in [0.05, 0.1) is 7.11 Å². The standard InChI is InChI=1S/C14H13N5O/c1-20-10-4-2-3-8(5-10)11-6-9-7-17-14(16)19-13(9)18-12(11)15/h2-7H,1H3,(H4,15,16,17,18,19). The second-order valence-electron chi connectivity index (χ2n) is 4.29. The molecule has 0 aliphatic rings. The molecule has 0 saturated heterocycles. The third-order valence-electron chi connectivity index (χ3n) is 3.00. The highest BCUT2D eigenvalue weighted by Gasteiger charge is 2.09. The summed E-state index contributed by atoms with van der Waals surface area (Å²) >= 11 is 0. The molecule has 0 aliphatic heterocycles. The van der Waals surface area contributed by atoms with Crippen molar-refractivity contribution in [3.8, 4) is 16.9 Å². The molecule has 0 unspecified atom stereocenters. The number of methoxy groups -OCH3 is 1. The highest BCUT2D eigenvalue weighted by Crippen LogP contribution is 2.29. The maximum absolute atomic E-state index is 6.01. The molecule has 2 aromatic heterocycles. The lowest BCUT2D eigenvalue weighted by Gasteiger charge is -2.08. The van der Waals surface area contributed by atoms with Crippen molar-refractivity contribution in [2.75, 3.05) is 18.6 Å². The molecule has 2 heterocycles. The van der Waals surface area contributed by atoms with Crippen LogP contribution < -0.4 is 16.2 Å². The number of hydrogen-bond acceptors (Lipinski definition) is 6. The number of benzene rings is 1. The summed E-state index contributed by atoms with van der Waals surface area (Å²) < 4.78 is 5.22. The Hall–Kier alpha value is -2.89. The maximum atomic E-state index is 6.01. The summed E-state index contributed by atoms with van der Waals surface area (Å²) in [6.45, 7) is 0. The van der Waals surface area contributed by atoms with Crippen LogP contribution in [0, 0.1) is 0 Å². The lowest BCUT2D eigenvalue weighted by Crippen LogP contribution is -2.00. The van der Waals surface area contributed by atoms with E-state index in [4.69, 9.17) is 16.2 Å². The molecule has 0 amide bonds. The van der Waals surface area contributed by atoms with Crippen LogP contribution in [0.2, 0.25) is 0 Å². The van der Waals surface area contributed by atoms with Gasteiger partial charge in [0.15, 0.2) is 5.65 Å². The number of ether oxygens (including phenoxy) is 1. The molecular formula is C14H13N5O. The molecule has 0 fully saturated rings. The van der Waals surface area contributed by atoms with E-state index in [0.717, 1.165) is 22.3 Å². The number of nitrogen functional groups attached to an aromatic ring is 2. The lowest BCUT2D eigenvalue weighted by atomic mass is 10.1. The first-order chi connectivity index (χ1) is 9.67. The summed E-state index contributed by atoms with van der Waals surface area (Å²) in [7, 11) is 1.62. The van der Waals surface area contributed by atoms with Crippen molar-refractivity contribution in [1.82, 2.24) is 15.0 Å². The maximum Gasteiger partial charge on any atom is 0.222 e. The third kappa shape index (κ3) is 2.07. The number of anilines is 2. The van der Waals surface area contributed by atoms with Crippen molar-refractivity contribution in [2.45, 2.75) is 0 Å². The fraction of sp³-hybridized carbons (Fsp3) is 0.0714. The van der Waals surface area contributed by atoms with Gasteiger partial charge in [0.25, 0.3) is 0 Å². The van der Waals surface area contributed by atoms with Crippen molar-refractivity contribution in [3.63, 3.8) is 0 Å². The largest absolute Gasteiger partial charge is 0.497 e. The average Bonchev–Trinajstić information content (AvgIpc) is 2.46. The first-order valence-corrected chi connectivity index (χ1v) is 6.00. The Balaban J connectivity index is 2.20. The summed E-state index contributed by atoms with van der Waals surface area (Å²) in [6.07, 6.45) is 1.63. The van der Waals surface area contributed by atoms with Gasteiger partial charge in [0.2, 0.25) is 5.95 Å². The van der Waals surface area contributed by atoms with Crippen LogP contribution in [0.5, 0.6) is 5.75 Å². The van der Waals surface area contributed by atoms with E-state index in [1.54, 1.807) is 13.3 Å². The number of rotatable bonds is 2. The van der Waals surface area contributed by atoms with E-state index in [1.807, 2.05) is 30.3 Å². The molecular weight excluding hydrogens is 254 g/mol. The monoisotopic (exact) mass is 267 g/mol. The molecule has 4 N–H and O–H groups in total. The van der Waals surface area contributed by atoms with Crippen LogP contribution >= 0.6 is 0 Å². The number of nitrogens with two attached hydrogens (primary N) is 2.